The molecule has 0 spiro atoms. The Balaban J connectivity index is 1.48. The van der Waals surface area contributed by atoms with Crippen molar-refractivity contribution in [2.75, 3.05) is 6.61 Å². The van der Waals surface area contributed by atoms with Crippen molar-refractivity contribution in [3.05, 3.63) is 96.1 Å². The van der Waals surface area contributed by atoms with E-state index in [1.165, 1.54) is 0 Å². The SMILES string of the molecule is CCC(COC(=O)NNC(=O)c1ccc(-c2ccccc2)cc1)c1ccccc1. The first-order valence-electron chi connectivity index (χ1n) is 9.61. The zero-order valence-electron chi connectivity index (χ0n) is 16.3. The molecule has 0 aliphatic carbocycles. The van der Waals surface area contributed by atoms with Crippen molar-refractivity contribution in [2.45, 2.75) is 19.3 Å². The highest BCUT2D eigenvalue weighted by atomic mass is 16.6. The van der Waals surface area contributed by atoms with Gasteiger partial charge in [0.25, 0.3) is 5.91 Å². The van der Waals surface area contributed by atoms with Gasteiger partial charge in [0.05, 0.1) is 0 Å². The third-order valence-electron chi connectivity index (χ3n) is 4.71. The highest BCUT2D eigenvalue weighted by Gasteiger charge is 2.13. The molecule has 3 rings (SSSR count). The molecule has 29 heavy (non-hydrogen) atoms. The van der Waals surface area contributed by atoms with E-state index >= 15 is 0 Å². The highest BCUT2D eigenvalue weighted by Crippen LogP contribution is 2.20. The first-order chi connectivity index (χ1) is 14.2. The topological polar surface area (TPSA) is 67.4 Å². The Morgan fingerprint density at radius 3 is 2.00 bits per heavy atom. The standard InChI is InChI=1S/C24H24N2O3/c1-2-18(19-9-5-3-6-10-19)17-29-24(28)26-25-23(27)22-15-13-21(14-16-22)20-11-7-4-8-12-20/h3-16,18H,2,17H2,1H3,(H,25,27)(H,26,28). The van der Waals surface area contributed by atoms with Crippen molar-refractivity contribution in [2.24, 2.45) is 0 Å². The number of hydrogen-bond donors (Lipinski definition) is 2. The summed E-state index contributed by atoms with van der Waals surface area (Å²) in [5.41, 5.74) is 8.32. The lowest BCUT2D eigenvalue weighted by atomic mass is 9.98. The molecule has 1 atom stereocenters. The van der Waals surface area contributed by atoms with Gasteiger partial charge < -0.3 is 4.74 Å². The summed E-state index contributed by atoms with van der Waals surface area (Å²) in [7, 11) is 0. The van der Waals surface area contributed by atoms with Crippen LogP contribution in [0, 0.1) is 0 Å². The van der Waals surface area contributed by atoms with Crippen LogP contribution in [-0.2, 0) is 4.74 Å². The number of benzene rings is 3. The average molecular weight is 388 g/mol. The third kappa shape index (κ3) is 5.69. The van der Waals surface area contributed by atoms with Gasteiger partial charge in [0.15, 0.2) is 0 Å². The number of rotatable bonds is 6. The highest BCUT2D eigenvalue weighted by molar-refractivity contribution is 5.95. The summed E-state index contributed by atoms with van der Waals surface area (Å²) < 4.78 is 5.25. The fraction of sp³-hybridized carbons (Fsp3) is 0.167. The van der Waals surface area contributed by atoms with Crippen molar-refractivity contribution in [1.29, 1.82) is 0 Å². The third-order valence-corrected chi connectivity index (χ3v) is 4.71. The van der Waals surface area contributed by atoms with E-state index in [-0.39, 0.29) is 12.5 Å². The van der Waals surface area contributed by atoms with Crippen LogP contribution in [-0.4, -0.2) is 18.6 Å². The number of amides is 2. The predicted molar refractivity (Wildman–Crippen MR) is 113 cm³/mol. The van der Waals surface area contributed by atoms with Gasteiger partial charge in [-0.2, -0.15) is 0 Å². The van der Waals surface area contributed by atoms with Crippen LogP contribution in [0.1, 0.15) is 35.2 Å². The summed E-state index contributed by atoms with van der Waals surface area (Å²) in [6.45, 7) is 2.29. The van der Waals surface area contributed by atoms with E-state index in [0.29, 0.717) is 5.56 Å². The minimum Gasteiger partial charge on any atom is -0.448 e. The molecule has 0 saturated heterocycles. The van der Waals surface area contributed by atoms with Crippen LogP contribution < -0.4 is 10.9 Å². The maximum atomic E-state index is 12.2. The number of nitrogens with one attached hydrogen (secondary N) is 2. The van der Waals surface area contributed by atoms with E-state index in [1.54, 1.807) is 12.1 Å². The Morgan fingerprint density at radius 1 is 0.793 bits per heavy atom. The first kappa shape index (κ1) is 20.1. The van der Waals surface area contributed by atoms with E-state index in [1.807, 2.05) is 79.7 Å². The monoisotopic (exact) mass is 388 g/mol. The van der Waals surface area contributed by atoms with Gasteiger partial charge in [0, 0.05) is 11.5 Å². The summed E-state index contributed by atoms with van der Waals surface area (Å²) in [4.78, 5) is 24.2. The molecule has 0 bridgehead atoms. The van der Waals surface area contributed by atoms with Gasteiger partial charge >= 0.3 is 6.09 Å². The summed E-state index contributed by atoms with van der Waals surface area (Å²) in [6.07, 6.45) is 0.158. The molecule has 3 aromatic rings. The van der Waals surface area contributed by atoms with Gasteiger partial charge in [-0.15, -0.1) is 0 Å². The molecule has 0 heterocycles. The van der Waals surface area contributed by atoms with Gasteiger partial charge in [0.2, 0.25) is 0 Å². The molecule has 148 valence electrons. The lowest BCUT2D eigenvalue weighted by Gasteiger charge is -2.16. The number of carbonyl (C=O) groups is 2. The molecule has 0 radical (unpaired) electrons. The van der Waals surface area contributed by atoms with Gasteiger partial charge in [-0.05, 0) is 35.2 Å². The average Bonchev–Trinajstić information content (AvgIpc) is 2.79. The van der Waals surface area contributed by atoms with Gasteiger partial charge in [-0.1, -0.05) is 79.7 Å². The Hall–Kier alpha value is -3.60. The lowest BCUT2D eigenvalue weighted by Crippen LogP contribution is -2.42. The summed E-state index contributed by atoms with van der Waals surface area (Å²) in [5, 5.41) is 0. The molecule has 5 heteroatoms. The van der Waals surface area contributed by atoms with Crippen molar-refractivity contribution in [3.63, 3.8) is 0 Å². The van der Waals surface area contributed by atoms with Crippen molar-refractivity contribution in [1.82, 2.24) is 10.9 Å². The predicted octanol–water partition coefficient (Wildman–Crippen LogP) is 4.92. The minimum absolute atomic E-state index is 0.114. The lowest BCUT2D eigenvalue weighted by molar-refractivity contribution is 0.0904. The molecule has 2 amide bonds. The summed E-state index contributed by atoms with van der Waals surface area (Å²) in [5.74, 6) is -0.292. The van der Waals surface area contributed by atoms with Crippen LogP contribution in [0.3, 0.4) is 0 Å². The molecule has 0 saturated carbocycles. The summed E-state index contributed by atoms with van der Waals surface area (Å²) >= 11 is 0. The van der Waals surface area contributed by atoms with Crippen molar-refractivity contribution >= 4 is 12.0 Å². The molecule has 3 aromatic carbocycles. The van der Waals surface area contributed by atoms with Crippen LogP contribution in [0.4, 0.5) is 4.79 Å². The Labute approximate surface area is 170 Å². The van der Waals surface area contributed by atoms with E-state index in [0.717, 1.165) is 23.1 Å². The van der Waals surface area contributed by atoms with E-state index in [2.05, 4.69) is 10.9 Å². The van der Waals surface area contributed by atoms with Crippen LogP contribution >= 0.6 is 0 Å². The Bertz CT molecular complexity index is 925. The van der Waals surface area contributed by atoms with Gasteiger partial charge in [-0.25, -0.2) is 10.2 Å². The number of ether oxygens (including phenoxy) is 1. The maximum Gasteiger partial charge on any atom is 0.426 e. The molecular weight excluding hydrogens is 364 g/mol. The molecule has 2 N–H and O–H groups in total. The van der Waals surface area contributed by atoms with E-state index in [4.69, 9.17) is 4.74 Å². The number of hydrogen-bond acceptors (Lipinski definition) is 3. The fourth-order valence-corrected chi connectivity index (χ4v) is 3.01. The zero-order chi connectivity index (χ0) is 20.5. The second-order valence-corrected chi connectivity index (χ2v) is 6.64. The van der Waals surface area contributed by atoms with E-state index in [9.17, 15) is 9.59 Å². The van der Waals surface area contributed by atoms with Gasteiger partial charge in [0.1, 0.15) is 6.61 Å². The second-order valence-electron chi connectivity index (χ2n) is 6.64. The van der Waals surface area contributed by atoms with Crippen molar-refractivity contribution in [3.8, 4) is 11.1 Å². The Morgan fingerprint density at radius 2 is 1.38 bits per heavy atom. The van der Waals surface area contributed by atoms with Crippen LogP contribution in [0.5, 0.6) is 0 Å². The first-order valence-corrected chi connectivity index (χ1v) is 9.61. The smallest absolute Gasteiger partial charge is 0.426 e. The van der Waals surface area contributed by atoms with Crippen LogP contribution in [0.15, 0.2) is 84.9 Å². The zero-order valence-corrected chi connectivity index (χ0v) is 16.3. The maximum absolute atomic E-state index is 12.2. The molecule has 0 aliphatic heterocycles. The minimum atomic E-state index is -0.686. The molecule has 5 nitrogen and oxygen atoms in total. The van der Waals surface area contributed by atoms with Crippen LogP contribution in [0.2, 0.25) is 0 Å². The molecule has 1 unspecified atom stereocenters. The quantitative estimate of drug-likeness (QED) is 0.589. The normalized spacial score (nSPS) is 11.3. The summed E-state index contributed by atoms with van der Waals surface area (Å²) in [6, 6.07) is 27.0. The fourth-order valence-electron chi connectivity index (χ4n) is 3.01. The second kappa shape index (κ2) is 10.1. The van der Waals surface area contributed by atoms with Crippen LogP contribution in [0.25, 0.3) is 11.1 Å². The largest absolute Gasteiger partial charge is 0.448 e. The van der Waals surface area contributed by atoms with Crippen molar-refractivity contribution < 1.29 is 14.3 Å². The van der Waals surface area contributed by atoms with Gasteiger partial charge in [-0.3, -0.25) is 10.2 Å². The number of carbonyl (C=O) groups excluding carboxylic acids is 2. The Kier molecular flexibility index (Phi) is 7.00. The molecule has 0 aromatic heterocycles. The molecule has 0 aliphatic rings. The van der Waals surface area contributed by atoms with E-state index < -0.39 is 12.0 Å². The molecular formula is C24H24N2O3. The molecule has 0 fully saturated rings. The number of hydrazine groups is 1.